The molecule has 4 aliphatic carbocycles. The highest BCUT2D eigenvalue weighted by molar-refractivity contribution is 6.14. The maximum Gasteiger partial charge on any atom is 0.137 e. The lowest BCUT2D eigenvalue weighted by Crippen LogP contribution is -2.26. The van der Waals surface area contributed by atoms with E-state index in [4.69, 9.17) is 4.42 Å². The molecule has 0 atom stereocenters. The molecule has 2 nitrogen and oxygen atoms in total. The van der Waals surface area contributed by atoms with Crippen molar-refractivity contribution < 1.29 is 4.42 Å². The van der Waals surface area contributed by atoms with Crippen LogP contribution in [-0.2, 0) is 10.8 Å². The third-order valence-corrected chi connectivity index (χ3v) is 16.3. The van der Waals surface area contributed by atoms with E-state index in [-0.39, 0.29) is 0 Å². The number of hydrogen-bond donors (Lipinski definition) is 0. The molecule has 0 saturated carbocycles. The van der Waals surface area contributed by atoms with Gasteiger partial charge in [-0.2, -0.15) is 0 Å². The van der Waals surface area contributed by atoms with Gasteiger partial charge in [-0.1, -0.05) is 206 Å². The summed E-state index contributed by atoms with van der Waals surface area (Å²) in [5, 5.41) is 2.19. The Morgan fingerprint density at radius 3 is 1.40 bits per heavy atom. The minimum absolute atomic E-state index is 0.494. The van der Waals surface area contributed by atoms with Crippen LogP contribution in [0.15, 0.2) is 253 Å². The van der Waals surface area contributed by atoms with Crippen molar-refractivity contribution in [3.05, 3.63) is 293 Å². The van der Waals surface area contributed by atoms with E-state index in [0.29, 0.717) is 0 Å². The van der Waals surface area contributed by atoms with E-state index in [1.807, 2.05) is 0 Å². The molecule has 2 spiro atoms. The van der Waals surface area contributed by atoms with Crippen molar-refractivity contribution in [2.45, 2.75) is 10.8 Å². The molecule has 0 fully saturated rings. The van der Waals surface area contributed by atoms with Gasteiger partial charge in [0.2, 0.25) is 0 Å². The Balaban J connectivity index is 1.02. The fourth-order valence-corrected chi connectivity index (χ4v) is 13.7. The molecule has 0 N–H and O–H groups in total. The van der Waals surface area contributed by atoms with Crippen LogP contribution in [0.4, 0.5) is 17.1 Å². The lowest BCUT2D eigenvalue weighted by atomic mass is 9.70. The Bertz CT molecular complexity index is 4120. The van der Waals surface area contributed by atoms with Gasteiger partial charge in [0, 0.05) is 16.6 Å². The number of furan rings is 1. The van der Waals surface area contributed by atoms with Gasteiger partial charge in [0.05, 0.1) is 27.6 Å². The van der Waals surface area contributed by atoms with E-state index in [9.17, 15) is 0 Å². The van der Waals surface area contributed by atoms with Gasteiger partial charge in [0.15, 0.2) is 0 Å². The van der Waals surface area contributed by atoms with Crippen molar-refractivity contribution in [1.82, 2.24) is 0 Å². The summed E-state index contributed by atoms with van der Waals surface area (Å²) in [6, 6.07) is 93.0. The zero-order valence-corrected chi connectivity index (χ0v) is 38.0. The fourth-order valence-electron chi connectivity index (χ4n) is 13.7. The minimum Gasteiger partial charge on any atom is -0.456 e. The zero-order chi connectivity index (χ0) is 45.7. The lowest BCUT2D eigenvalue weighted by molar-refractivity contribution is 0.669. The van der Waals surface area contributed by atoms with E-state index in [1.54, 1.807) is 0 Å². The predicted octanol–water partition coefficient (Wildman–Crippen LogP) is 17.4. The van der Waals surface area contributed by atoms with Crippen LogP contribution in [0.2, 0.25) is 0 Å². The van der Waals surface area contributed by atoms with Gasteiger partial charge in [-0.25, -0.2) is 0 Å². The van der Waals surface area contributed by atoms with Crippen LogP contribution in [0, 0.1) is 0 Å². The summed E-state index contributed by atoms with van der Waals surface area (Å²) in [4.78, 5) is 2.56. The predicted molar refractivity (Wildman–Crippen MR) is 286 cm³/mol. The molecular formula is C68H41NO. The molecule has 324 valence electrons. The maximum absolute atomic E-state index is 6.71. The van der Waals surface area contributed by atoms with E-state index < -0.39 is 10.8 Å². The number of rotatable bonds is 4. The molecular weight excluding hydrogens is 847 g/mol. The second-order valence-corrected chi connectivity index (χ2v) is 19.4. The van der Waals surface area contributed by atoms with E-state index >= 15 is 0 Å². The first-order valence-corrected chi connectivity index (χ1v) is 24.4. The van der Waals surface area contributed by atoms with Crippen molar-refractivity contribution in [1.29, 1.82) is 0 Å². The summed E-state index contributed by atoms with van der Waals surface area (Å²) in [7, 11) is 0. The average Bonchev–Trinajstić information content (AvgIpc) is 4.20. The number of benzene rings is 11. The molecule has 70 heavy (non-hydrogen) atoms. The molecule has 0 amide bonds. The Hall–Kier alpha value is -8.98. The number of para-hydroxylation sites is 1. The second-order valence-electron chi connectivity index (χ2n) is 19.4. The van der Waals surface area contributed by atoms with Crippen LogP contribution < -0.4 is 4.90 Å². The third kappa shape index (κ3) is 4.64. The number of nitrogens with zero attached hydrogens (tertiary/aromatic N) is 1. The van der Waals surface area contributed by atoms with Crippen LogP contribution in [0.5, 0.6) is 0 Å². The van der Waals surface area contributed by atoms with E-state index in [1.165, 1.54) is 100 Å². The van der Waals surface area contributed by atoms with Gasteiger partial charge in [-0.3, -0.25) is 0 Å². The minimum atomic E-state index is -0.564. The quantitative estimate of drug-likeness (QED) is 0.175. The van der Waals surface area contributed by atoms with Gasteiger partial charge in [-0.15, -0.1) is 0 Å². The molecule has 4 aliphatic rings. The normalized spacial score (nSPS) is 14.2. The molecule has 0 aliphatic heterocycles. The Morgan fingerprint density at radius 1 is 0.286 bits per heavy atom. The molecule has 1 heterocycles. The van der Waals surface area contributed by atoms with Gasteiger partial charge >= 0.3 is 0 Å². The molecule has 0 bridgehead atoms. The molecule has 12 aromatic rings. The SMILES string of the molecule is c1ccc(-c2ccc3c(c2)C2(c4ccccc4-c4ccccc42)c2cc(N(c4cccc5c4-c4ccccc4C54c5ccccc5-c5ccccc54)c4cccc5oc6ccccc6c45)ccc2-3)cc1. The molecule has 0 radical (unpaired) electrons. The summed E-state index contributed by atoms with van der Waals surface area (Å²) in [5.41, 5.74) is 27.2. The Morgan fingerprint density at radius 2 is 0.743 bits per heavy atom. The van der Waals surface area contributed by atoms with Gasteiger partial charge < -0.3 is 9.32 Å². The van der Waals surface area contributed by atoms with Gasteiger partial charge in [0.1, 0.15) is 11.2 Å². The van der Waals surface area contributed by atoms with Crippen molar-refractivity contribution in [2.75, 3.05) is 4.90 Å². The number of fused-ring (bicyclic) bond motifs is 23. The first-order valence-electron chi connectivity index (χ1n) is 24.4. The average molecular weight is 888 g/mol. The summed E-state index contributed by atoms with van der Waals surface area (Å²) in [5.74, 6) is 0. The first-order chi connectivity index (χ1) is 34.7. The van der Waals surface area contributed by atoms with E-state index in [0.717, 1.165) is 39.0 Å². The van der Waals surface area contributed by atoms with Gasteiger partial charge in [0.25, 0.3) is 0 Å². The number of anilines is 3. The van der Waals surface area contributed by atoms with Crippen molar-refractivity contribution in [2.24, 2.45) is 0 Å². The second kappa shape index (κ2) is 13.8. The smallest absolute Gasteiger partial charge is 0.137 e. The largest absolute Gasteiger partial charge is 0.456 e. The Labute approximate surface area is 406 Å². The number of hydrogen-bond acceptors (Lipinski definition) is 2. The van der Waals surface area contributed by atoms with Crippen molar-refractivity contribution in [3.8, 4) is 55.6 Å². The monoisotopic (exact) mass is 887 g/mol. The molecule has 2 heteroatoms. The van der Waals surface area contributed by atoms with Crippen molar-refractivity contribution >= 4 is 39.0 Å². The first kappa shape index (κ1) is 38.0. The molecule has 0 unspecified atom stereocenters. The summed E-state index contributed by atoms with van der Waals surface area (Å²) in [6.07, 6.45) is 0. The van der Waals surface area contributed by atoms with Gasteiger partial charge in [-0.05, 0) is 137 Å². The molecule has 11 aromatic carbocycles. The molecule has 1 aromatic heterocycles. The third-order valence-electron chi connectivity index (χ3n) is 16.3. The molecule has 0 saturated heterocycles. The van der Waals surface area contributed by atoms with E-state index in [2.05, 4.69) is 254 Å². The topological polar surface area (TPSA) is 16.4 Å². The highest BCUT2D eigenvalue weighted by Gasteiger charge is 2.54. The van der Waals surface area contributed by atoms with Crippen LogP contribution in [-0.4, -0.2) is 0 Å². The highest BCUT2D eigenvalue weighted by atomic mass is 16.3. The summed E-state index contributed by atoms with van der Waals surface area (Å²) >= 11 is 0. The summed E-state index contributed by atoms with van der Waals surface area (Å²) in [6.45, 7) is 0. The van der Waals surface area contributed by atoms with Crippen LogP contribution in [0.25, 0.3) is 77.6 Å². The Kier molecular flexibility index (Phi) is 7.51. The molecule has 16 rings (SSSR count). The summed E-state index contributed by atoms with van der Waals surface area (Å²) < 4.78 is 6.71. The fraction of sp³-hybridized carbons (Fsp3) is 0.0294. The lowest BCUT2D eigenvalue weighted by Gasteiger charge is -2.33. The highest BCUT2D eigenvalue weighted by Crippen LogP contribution is 2.67. The maximum atomic E-state index is 6.71. The van der Waals surface area contributed by atoms with Crippen LogP contribution in [0.3, 0.4) is 0 Å². The van der Waals surface area contributed by atoms with Crippen molar-refractivity contribution in [3.63, 3.8) is 0 Å². The van der Waals surface area contributed by atoms with Crippen LogP contribution in [0.1, 0.15) is 44.5 Å². The zero-order valence-electron chi connectivity index (χ0n) is 38.0. The standard InChI is InChI=1S/C68H41NO/c1-2-18-42(19-3-1)43-36-38-49-50-39-37-44(41-60(50)68(59(49)40-43)55-28-12-6-22-47(55)48-23-7-13-29-56(48)68)69(62-33-17-35-64-66(62)52-25-9-15-34-63(52)70-64)61-32-16-31-58-65(61)51-24-8-14-30-57(51)67(58)53-26-10-4-20-45(53)46-21-5-11-27-54(46)67/h1-41H. The van der Waals surface area contributed by atoms with Crippen LogP contribution >= 0.6 is 0 Å².